The molecule has 1 atom stereocenters. The van der Waals surface area contributed by atoms with Crippen molar-refractivity contribution in [3.63, 3.8) is 0 Å². The predicted octanol–water partition coefficient (Wildman–Crippen LogP) is -1.01. The molecule has 68 valence electrons. The summed E-state index contributed by atoms with van der Waals surface area (Å²) in [6.45, 7) is 0. The molecule has 6 nitrogen and oxygen atoms in total. The van der Waals surface area contributed by atoms with Crippen molar-refractivity contribution in [3.05, 3.63) is 0 Å². The van der Waals surface area contributed by atoms with Gasteiger partial charge in [-0.05, 0) is 0 Å². The van der Waals surface area contributed by atoms with E-state index in [1.54, 1.807) is 0 Å². The van der Waals surface area contributed by atoms with Gasteiger partial charge < -0.3 is 0 Å². The van der Waals surface area contributed by atoms with Crippen molar-refractivity contribution in [2.45, 2.75) is 6.23 Å². The van der Waals surface area contributed by atoms with Crippen LogP contribution < -0.4 is 5.48 Å². The van der Waals surface area contributed by atoms with E-state index in [9.17, 15) is 9.59 Å². The Kier molecular flexibility index (Phi) is 2.30. The zero-order valence-corrected chi connectivity index (χ0v) is 7.20. The fourth-order valence-electron chi connectivity index (χ4n) is 1.00. The number of nitrogens with zero attached hydrogens (tertiary/aromatic N) is 2. The first kappa shape index (κ1) is 8.95. The Morgan fingerprint density at radius 2 is 2.00 bits per heavy atom. The Morgan fingerprint density at radius 1 is 1.42 bits per heavy atom. The van der Waals surface area contributed by atoms with Gasteiger partial charge in [0.1, 0.15) is 0 Å². The SMILES string of the molecule is CNOC1C(=O)N(C)C(=O)N1C. The average molecular weight is 173 g/mol. The average Bonchev–Trinajstić information content (AvgIpc) is 2.23. The second-order valence-electron chi connectivity index (χ2n) is 2.47. The van der Waals surface area contributed by atoms with Crippen LogP contribution in [-0.4, -0.2) is 49.1 Å². The van der Waals surface area contributed by atoms with E-state index in [4.69, 9.17) is 4.84 Å². The van der Waals surface area contributed by atoms with Gasteiger partial charge in [0.2, 0.25) is 6.23 Å². The molecule has 0 aromatic heterocycles. The number of hydroxylamine groups is 1. The maximum Gasteiger partial charge on any atom is 0.328 e. The van der Waals surface area contributed by atoms with E-state index < -0.39 is 6.23 Å². The summed E-state index contributed by atoms with van der Waals surface area (Å²) in [7, 11) is 4.45. The molecular weight excluding hydrogens is 162 g/mol. The first-order valence-corrected chi connectivity index (χ1v) is 3.46. The van der Waals surface area contributed by atoms with Crippen LogP contribution in [0.15, 0.2) is 0 Å². The number of nitrogens with one attached hydrogen (secondary N) is 1. The number of likely N-dealkylation sites (N-methyl/N-ethyl adjacent to an activating group) is 2. The topological polar surface area (TPSA) is 61.9 Å². The third-order valence-electron chi connectivity index (χ3n) is 1.71. The maximum atomic E-state index is 11.2. The Labute approximate surface area is 70.0 Å². The molecule has 1 rings (SSSR count). The standard InChI is InChI=1S/C6H11N3O3/c1-7-12-5-4(10)8(2)6(11)9(5)3/h5,7H,1-3H3. The smallest absolute Gasteiger partial charge is 0.292 e. The first-order valence-electron chi connectivity index (χ1n) is 3.46. The number of imide groups is 1. The largest absolute Gasteiger partial charge is 0.328 e. The van der Waals surface area contributed by atoms with Crippen molar-refractivity contribution in [2.75, 3.05) is 21.1 Å². The summed E-state index contributed by atoms with van der Waals surface area (Å²) in [5.41, 5.74) is 2.37. The lowest BCUT2D eigenvalue weighted by Gasteiger charge is -2.14. The molecule has 0 aromatic rings. The molecule has 1 saturated heterocycles. The highest BCUT2D eigenvalue weighted by Gasteiger charge is 2.41. The summed E-state index contributed by atoms with van der Waals surface area (Å²) < 4.78 is 0. The monoisotopic (exact) mass is 173 g/mol. The molecule has 0 radical (unpaired) electrons. The van der Waals surface area contributed by atoms with E-state index in [2.05, 4.69) is 5.48 Å². The van der Waals surface area contributed by atoms with E-state index in [0.29, 0.717) is 0 Å². The Hall–Kier alpha value is -1.14. The van der Waals surface area contributed by atoms with Crippen molar-refractivity contribution in [3.8, 4) is 0 Å². The van der Waals surface area contributed by atoms with Crippen molar-refractivity contribution in [1.82, 2.24) is 15.3 Å². The van der Waals surface area contributed by atoms with Gasteiger partial charge in [-0.15, -0.1) is 0 Å². The normalized spacial score (nSPS) is 24.1. The number of rotatable bonds is 2. The summed E-state index contributed by atoms with van der Waals surface area (Å²) in [6, 6.07) is -0.361. The molecule has 12 heavy (non-hydrogen) atoms. The van der Waals surface area contributed by atoms with E-state index >= 15 is 0 Å². The molecule has 0 saturated carbocycles. The third kappa shape index (κ3) is 1.15. The second-order valence-corrected chi connectivity index (χ2v) is 2.47. The van der Waals surface area contributed by atoms with E-state index in [0.717, 1.165) is 4.90 Å². The van der Waals surface area contributed by atoms with E-state index in [-0.39, 0.29) is 11.9 Å². The Balaban J connectivity index is 2.76. The quantitative estimate of drug-likeness (QED) is 0.429. The molecule has 0 spiro atoms. The molecule has 1 aliphatic rings. The number of urea groups is 1. The van der Waals surface area contributed by atoms with Crippen molar-refractivity contribution in [1.29, 1.82) is 0 Å². The Morgan fingerprint density at radius 3 is 2.33 bits per heavy atom. The van der Waals surface area contributed by atoms with E-state index in [1.807, 2.05) is 0 Å². The maximum absolute atomic E-state index is 11.2. The van der Waals surface area contributed by atoms with Crippen LogP contribution in [0.25, 0.3) is 0 Å². The zero-order chi connectivity index (χ0) is 9.30. The lowest BCUT2D eigenvalue weighted by Crippen LogP contribution is -2.37. The van der Waals surface area contributed by atoms with Crippen molar-refractivity contribution >= 4 is 11.9 Å². The Bertz CT molecular complexity index is 218. The molecule has 1 N–H and O–H groups in total. The lowest BCUT2D eigenvalue weighted by atomic mass is 10.5. The minimum absolute atomic E-state index is 0.361. The molecule has 1 unspecified atom stereocenters. The van der Waals surface area contributed by atoms with Gasteiger partial charge >= 0.3 is 6.03 Å². The van der Waals surface area contributed by atoms with Gasteiger partial charge in [-0.1, -0.05) is 0 Å². The number of carbonyl (C=O) groups excluding carboxylic acids is 2. The van der Waals surface area contributed by atoms with Crippen LogP contribution in [0.3, 0.4) is 0 Å². The molecule has 3 amide bonds. The highest BCUT2D eigenvalue weighted by molar-refractivity contribution is 6.02. The lowest BCUT2D eigenvalue weighted by molar-refractivity contribution is -0.146. The molecular formula is C6H11N3O3. The zero-order valence-electron chi connectivity index (χ0n) is 7.20. The van der Waals surface area contributed by atoms with Crippen LogP contribution >= 0.6 is 0 Å². The fourth-order valence-corrected chi connectivity index (χ4v) is 1.00. The summed E-state index contributed by atoms with van der Waals surface area (Å²) in [5, 5.41) is 0. The fraction of sp³-hybridized carbons (Fsp3) is 0.667. The predicted molar refractivity (Wildman–Crippen MR) is 39.9 cm³/mol. The third-order valence-corrected chi connectivity index (χ3v) is 1.71. The highest BCUT2D eigenvalue weighted by Crippen LogP contribution is 2.13. The molecule has 1 aliphatic heterocycles. The summed E-state index contributed by atoms with van der Waals surface area (Å²) in [4.78, 5) is 29.4. The van der Waals surface area contributed by atoms with Gasteiger partial charge in [0.05, 0.1) is 0 Å². The second kappa shape index (κ2) is 3.08. The minimum atomic E-state index is -0.840. The van der Waals surface area contributed by atoms with E-state index in [1.165, 1.54) is 26.0 Å². The van der Waals surface area contributed by atoms with Crippen LogP contribution in [0, 0.1) is 0 Å². The van der Waals surface area contributed by atoms with Crippen LogP contribution in [0.5, 0.6) is 0 Å². The van der Waals surface area contributed by atoms with Gasteiger partial charge in [0.25, 0.3) is 5.91 Å². The number of hydrogen-bond donors (Lipinski definition) is 1. The van der Waals surface area contributed by atoms with Gasteiger partial charge in [0, 0.05) is 21.1 Å². The van der Waals surface area contributed by atoms with Gasteiger partial charge in [0.15, 0.2) is 0 Å². The minimum Gasteiger partial charge on any atom is -0.292 e. The van der Waals surface area contributed by atoms with Gasteiger partial charge in [-0.3, -0.25) is 19.4 Å². The number of hydrogen-bond acceptors (Lipinski definition) is 4. The molecule has 1 heterocycles. The van der Waals surface area contributed by atoms with Crippen LogP contribution in [-0.2, 0) is 9.63 Å². The molecule has 0 aromatic carbocycles. The van der Waals surface area contributed by atoms with Crippen LogP contribution in [0.1, 0.15) is 0 Å². The van der Waals surface area contributed by atoms with Gasteiger partial charge in [-0.25, -0.2) is 10.3 Å². The van der Waals surface area contributed by atoms with Crippen molar-refractivity contribution in [2.24, 2.45) is 0 Å². The number of carbonyl (C=O) groups is 2. The van der Waals surface area contributed by atoms with Gasteiger partial charge in [-0.2, -0.15) is 0 Å². The molecule has 1 fully saturated rings. The van der Waals surface area contributed by atoms with Crippen LogP contribution in [0.2, 0.25) is 0 Å². The summed E-state index contributed by atoms with van der Waals surface area (Å²) in [6.07, 6.45) is -0.840. The molecule has 6 heteroatoms. The number of amides is 3. The molecule has 0 aliphatic carbocycles. The van der Waals surface area contributed by atoms with Crippen molar-refractivity contribution < 1.29 is 14.4 Å². The summed E-state index contributed by atoms with van der Waals surface area (Å²) in [5.74, 6) is -0.364. The van der Waals surface area contributed by atoms with Crippen LogP contribution in [0.4, 0.5) is 4.79 Å². The first-order chi connectivity index (χ1) is 5.59. The molecule has 0 bridgehead atoms. The highest BCUT2D eigenvalue weighted by atomic mass is 16.7. The summed E-state index contributed by atoms with van der Waals surface area (Å²) >= 11 is 0.